The Morgan fingerprint density at radius 1 is 1.03 bits per heavy atom. The van der Waals surface area contributed by atoms with Crippen LogP contribution in [0.5, 0.6) is 5.75 Å². The molecule has 0 radical (unpaired) electrons. The summed E-state index contributed by atoms with van der Waals surface area (Å²) in [5.41, 5.74) is 2.84. The molecule has 0 bridgehead atoms. The van der Waals surface area contributed by atoms with Crippen LogP contribution < -0.4 is 15.4 Å². The van der Waals surface area contributed by atoms with E-state index in [2.05, 4.69) is 49.8 Å². The average molecular weight is 516 g/mol. The summed E-state index contributed by atoms with van der Waals surface area (Å²) in [5.74, 6) is 2.45. The monoisotopic (exact) mass is 515 g/mol. The zero-order valence-electron chi connectivity index (χ0n) is 21.7. The first-order valence-corrected chi connectivity index (χ1v) is 12.9. The molecule has 2 aromatic rings. The zero-order chi connectivity index (χ0) is 26.3. The molecule has 9 heteroatoms. The molecule has 0 saturated carbocycles. The fourth-order valence-corrected chi connectivity index (χ4v) is 4.87. The van der Waals surface area contributed by atoms with Crippen molar-refractivity contribution in [3.63, 3.8) is 0 Å². The Morgan fingerprint density at radius 2 is 1.79 bits per heavy atom. The summed E-state index contributed by atoms with van der Waals surface area (Å²) in [4.78, 5) is 23.8. The Bertz CT molecular complexity index is 1250. The number of hydrogen-bond acceptors (Lipinski definition) is 7. The minimum atomic E-state index is -0.198. The number of hydrogen-bond donors (Lipinski definition) is 2. The highest BCUT2D eigenvalue weighted by Gasteiger charge is 2.30. The molecule has 1 atom stereocenters. The van der Waals surface area contributed by atoms with Gasteiger partial charge in [0.05, 0.1) is 20.3 Å². The number of likely N-dealkylation sites (tertiary alicyclic amines) is 1. The Kier molecular flexibility index (Phi) is 8.04. The van der Waals surface area contributed by atoms with E-state index in [9.17, 15) is 4.79 Å². The van der Waals surface area contributed by atoms with Crippen LogP contribution in [0.1, 0.15) is 24.8 Å². The van der Waals surface area contributed by atoms with Crippen molar-refractivity contribution in [2.45, 2.75) is 37.9 Å². The number of urea groups is 1. The van der Waals surface area contributed by atoms with Crippen molar-refractivity contribution in [2.24, 2.45) is 9.98 Å². The number of carbonyl (C=O) groups excluding carboxylic acids is 1. The van der Waals surface area contributed by atoms with Crippen molar-refractivity contribution in [2.75, 3.05) is 32.6 Å². The van der Waals surface area contributed by atoms with Crippen molar-refractivity contribution < 1.29 is 19.0 Å². The topological polar surface area (TPSA) is 96.8 Å². The van der Waals surface area contributed by atoms with E-state index >= 15 is 0 Å². The molecule has 5 rings (SSSR count). The van der Waals surface area contributed by atoms with Gasteiger partial charge in [-0.2, -0.15) is 0 Å². The second-order valence-electron chi connectivity index (χ2n) is 9.47. The maximum absolute atomic E-state index is 12.6. The molecule has 0 spiro atoms. The second kappa shape index (κ2) is 12.0. The summed E-state index contributed by atoms with van der Waals surface area (Å²) in [5, 5.41) is 6.03. The minimum Gasteiger partial charge on any atom is -0.497 e. The van der Waals surface area contributed by atoms with Crippen LogP contribution in [0.25, 0.3) is 0 Å². The summed E-state index contributed by atoms with van der Waals surface area (Å²) < 4.78 is 16.9. The number of nitrogens with one attached hydrogen (secondary N) is 2. The number of allylic oxidation sites excluding steroid dienone is 1. The third kappa shape index (κ3) is 6.23. The van der Waals surface area contributed by atoms with E-state index in [0.29, 0.717) is 29.5 Å². The van der Waals surface area contributed by atoms with Gasteiger partial charge in [-0.3, -0.25) is 9.89 Å². The number of nitrogens with zero attached hydrogens (tertiary/aromatic N) is 3. The van der Waals surface area contributed by atoms with Gasteiger partial charge in [0.1, 0.15) is 17.8 Å². The summed E-state index contributed by atoms with van der Waals surface area (Å²) in [7, 11) is 3.23. The zero-order valence-corrected chi connectivity index (χ0v) is 21.7. The predicted molar refractivity (Wildman–Crippen MR) is 147 cm³/mol. The normalized spacial score (nSPS) is 19.7. The van der Waals surface area contributed by atoms with Crippen LogP contribution in [0.4, 0.5) is 10.5 Å². The first-order valence-electron chi connectivity index (χ1n) is 12.9. The molecule has 9 nitrogen and oxygen atoms in total. The molecule has 1 fully saturated rings. The van der Waals surface area contributed by atoms with E-state index < -0.39 is 0 Å². The van der Waals surface area contributed by atoms with Crippen LogP contribution in [0, 0.1) is 0 Å². The molecule has 1 unspecified atom stereocenters. The number of amides is 2. The van der Waals surface area contributed by atoms with E-state index in [1.807, 2.05) is 24.3 Å². The largest absolute Gasteiger partial charge is 0.497 e. The van der Waals surface area contributed by atoms with Crippen LogP contribution in [-0.2, 0) is 16.0 Å². The van der Waals surface area contributed by atoms with Crippen LogP contribution in [-0.4, -0.2) is 62.6 Å². The summed E-state index contributed by atoms with van der Waals surface area (Å²) in [6, 6.07) is 17.5. The molecule has 198 valence electrons. The van der Waals surface area contributed by atoms with E-state index in [1.54, 1.807) is 26.4 Å². The summed E-state index contributed by atoms with van der Waals surface area (Å²) in [6.07, 6.45) is 5.81. The second-order valence-corrected chi connectivity index (χ2v) is 9.47. The van der Waals surface area contributed by atoms with Crippen molar-refractivity contribution >= 4 is 24.0 Å². The minimum absolute atomic E-state index is 0.133. The van der Waals surface area contributed by atoms with Crippen LogP contribution in [0.15, 0.2) is 87.7 Å². The summed E-state index contributed by atoms with van der Waals surface area (Å²) >= 11 is 0. The van der Waals surface area contributed by atoms with Gasteiger partial charge in [-0.1, -0.05) is 30.3 Å². The average Bonchev–Trinajstić information content (AvgIpc) is 2.95. The molecule has 1 saturated heterocycles. The smallest absolute Gasteiger partial charge is 0.319 e. The van der Waals surface area contributed by atoms with E-state index in [1.165, 1.54) is 11.9 Å². The first-order chi connectivity index (χ1) is 18.6. The van der Waals surface area contributed by atoms with Crippen LogP contribution in [0.3, 0.4) is 0 Å². The molecule has 0 aromatic heterocycles. The van der Waals surface area contributed by atoms with Crippen molar-refractivity contribution in [3.05, 3.63) is 83.3 Å². The Labute approximate surface area is 222 Å². The molecular formula is C29H33N5O4. The van der Waals surface area contributed by atoms with E-state index in [0.717, 1.165) is 43.8 Å². The lowest BCUT2D eigenvalue weighted by molar-refractivity contribution is 0.190. The highest BCUT2D eigenvalue weighted by molar-refractivity contribution is 6.02. The predicted octanol–water partition coefficient (Wildman–Crippen LogP) is 4.50. The van der Waals surface area contributed by atoms with Gasteiger partial charge >= 0.3 is 6.03 Å². The lowest BCUT2D eigenvalue weighted by Gasteiger charge is -2.32. The number of rotatable bonds is 7. The highest BCUT2D eigenvalue weighted by Crippen LogP contribution is 2.31. The number of ether oxygens (including phenoxy) is 3. The molecule has 2 amide bonds. The van der Waals surface area contributed by atoms with Crippen molar-refractivity contribution in [3.8, 4) is 5.75 Å². The van der Waals surface area contributed by atoms with Crippen LogP contribution in [0.2, 0.25) is 0 Å². The van der Waals surface area contributed by atoms with Gasteiger partial charge in [0.2, 0.25) is 5.90 Å². The Balaban J connectivity index is 1.11. The lowest BCUT2D eigenvalue weighted by atomic mass is 9.96. The van der Waals surface area contributed by atoms with Gasteiger partial charge < -0.3 is 24.8 Å². The maximum atomic E-state index is 12.6. The number of methoxy groups -OCH3 is 2. The lowest BCUT2D eigenvalue weighted by Crippen LogP contribution is -2.45. The highest BCUT2D eigenvalue weighted by atomic mass is 16.5. The fraction of sp³-hybridized carbons (Fsp3) is 0.345. The molecule has 2 heterocycles. The molecule has 2 N–H and O–H groups in total. The number of benzene rings is 2. The molecule has 3 aliphatic rings. The number of anilines is 1. The van der Waals surface area contributed by atoms with Gasteiger partial charge in [0, 0.05) is 43.4 Å². The molecule has 2 aliphatic heterocycles. The van der Waals surface area contributed by atoms with Crippen molar-refractivity contribution in [1.29, 1.82) is 0 Å². The number of carbonyl (C=O) groups is 1. The standard InChI is InChI=1S/C29H33N5O4/c1-36-26-16-24-25(17-27(26)37-2)30-19-31-28(24)38-23-10-8-21(9-11-23)32-29(35)33-22-12-14-34(15-13-22)18-20-6-4-3-5-7-20/h3-11,16,19,22,25H,12-15,17-18H2,1-2H3,(H2,32,33,35). The third-order valence-electron chi connectivity index (χ3n) is 6.93. The Hall–Kier alpha value is -4.11. The van der Waals surface area contributed by atoms with Crippen molar-refractivity contribution in [1.82, 2.24) is 10.2 Å². The Morgan fingerprint density at radius 3 is 2.50 bits per heavy atom. The molecule has 38 heavy (non-hydrogen) atoms. The van der Waals surface area contributed by atoms with E-state index in [-0.39, 0.29) is 18.1 Å². The van der Waals surface area contributed by atoms with Gasteiger partial charge in [0.15, 0.2) is 5.76 Å². The fourth-order valence-electron chi connectivity index (χ4n) is 4.87. The quantitative estimate of drug-likeness (QED) is 0.566. The van der Waals surface area contributed by atoms with Crippen LogP contribution >= 0.6 is 0 Å². The summed E-state index contributed by atoms with van der Waals surface area (Å²) in [6.45, 7) is 2.88. The number of aliphatic imine (C=N–C) groups is 2. The molecule has 1 aliphatic carbocycles. The molecule has 2 aromatic carbocycles. The van der Waals surface area contributed by atoms with Gasteiger partial charge in [0.25, 0.3) is 0 Å². The van der Waals surface area contributed by atoms with Gasteiger partial charge in [-0.05, 0) is 48.7 Å². The first kappa shape index (κ1) is 25.5. The molecular weight excluding hydrogens is 482 g/mol. The van der Waals surface area contributed by atoms with Gasteiger partial charge in [-0.25, -0.2) is 9.79 Å². The number of piperidine rings is 1. The van der Waals surface area contributed by atoms with E-state index in [4.69, 9.17) is 14.2 Å². The SMILES string of the molecule is COC1=C(OC)CC2N=CN=C(Oc3ccc(NC(=O)NC4CCN(Cc5ccccc5)CC4)cc3)C2=C1. The maximum Gasteiger partial charge on any atom is 0.319 e. The third-order valence-corrected chi connectivity index (χ3v) is 6.93. The number of fused-ring (bicyclic) bond motifs is 1. The van der Waals surface area contributed by atoms with Gasteiger partial charge in [-0.15, -0.1) is 0 Å².